The molecule has 1 rings (SSSR count). The average molecular weight is 262 g/mol. The molecule has 102 valence electrons. The first-order valence-electron chi connectivity index (χ1n) is 6.37. The van der Waals surface area contributed by atoms with Crippen molar-refractivity contribution in [3.8, 4) is 0 Å². The molecule has 0 bridgehead atoms. The van der Waals surface area contributed by atoms with E-state index in [0.717, 1.165) is 26.2 Å². The molecule has 0 spiro atoms. The smallest absolute Gasteiger partial charge is 0.0791 e. The summed E-state index contributed by atoms with van der Waals surface area (Å²) in [6.07, 6.45) is -0.283. The first-order chi connectivity index (χ1) is 8.11. The first kappa shape index (κ1) is 15.2. The van der Waals surface area contributed by atoms with Gasteiger partial charge in [0.15, 0.2) is 0 Å². The molecule has 4 nitrogen and oxygen atoms in total. The molecule has 3 unspecified atom stereocenters. The number of hydrogen-bond donors (Lipinski definition) is 2. The lowest BCUT2D eigenvalue weighted by molar-refractivity contribution is 0.107. The standard InChI is InChI=1S/C12H26N2O2S/c1-10-7-14(8-11(2)17-10)9-12(15)6-13-4-5-16-3/h10-13,15H,4-9H2,1-3H3. The minimum atomic E-state index is -0.283. The van der Waals surface area contributed by atoms with E-state index in [0.29, 0.717) is 23.7 Å². The number of β-amino-alcohol motifs (C(OH)–C–C–N with tert-alkyl or cyclic N) is 1. The summed E-state index contributed by atoms with van der Waals surface area (Å²) in [5, 5.41) is 14.5. The van der Waals surface area contributed by atoms with Gasteiger partial charge in [-0.2, -0.15) is 11.8 Å². The Morgan fingerprint density at radius 1 is 1.41 bits per heavy atom. The highest BCUT2D eigenvalue weighted by Crippen LogP contribution is 2.24. The lowest BCUT2D eigenvalue weighted by Gasteiger charge is -2.35. The van der Waals surface area contributed by atoms with Gasteiger partial charge in [0.2, 0.25) is 0 Å². The van der Waals surface area contributed by atoms with Crippen molar-refractivity contribution in [2.24, 2.45) is 0 Å². The monoisotopic (exact) mass is 262 g/mol. The summed E-state index contributed by atoms with van der Waals surface area (Å²) in [5.74, 6) is 0. The van der Waals surface area contributed by atoms with E-state index >= 15 is 0 Å². The van der Waals surface area contributed by atoms with Crippen LogP contribution in [-0.2, 0) is 4.74 Å². The van der Waals surface area contributed by atoms with Crippen molar-refractivity contribution in [1.29, 1.82) is 0 Å². The maximum Gasteiger partial charge on any atom is 0.0791 e. The van der Waals surface area contributed by atoms with E-state index in [4.69, 9.17) is 4.74 Å². The molecule has 1 fully saturated rings. The second kappa shape index (κ2) is 8.32. The molecule has 3 atom stereocenters. The Hall–Kier alpha value is 0.190. The van der Waals surface area contributed by atoms with Crippen LogP contribution >= 0.6 is 11.8 Å². The molecule has 0 aromatic rings. The number of aliphatic hydroxyl groups is 1. The highest BCUT2D eigenvalue weighted by molar-refractivity contribution is 8.00. The number of methoxy groups -OCH3 is 1. The van der Waals surface area contributed by atoms with Crippen LogP contribution < -0.4 is 5.32 Å². The Morgan fingerprint density at radius 2 is 2.06 bits per heavy atom. The first-order valence-corrected chi connectivity index (χ1v) is 7.31. The van der Waals surface area contributed by atoms with Gasteiger partial charge in [-0.15, -0.1) is 0 Å². The number of rotatable bonds is 7. The fraction of sp³-hybridized carbons (Fsp3) is 1.00. The second-order valence-electron chi connectivity index (χ2n) is 4.83. The van der Waals surface area contributed by atoms with Crippen LogP contribution in [0.5, 0.6) is 0 Å². The van der Waals surface area contributed by atoms with Gasteiger partial charge in [0, 0.05) is 50.3 Å². The van der Waals surface area contributed by atoms with Crippen LogP contribution in [0.3, 0.4) is 0 Å². The van der Waals surface area contributed by atoms with Gasteiger partial charge in [0.1, 0.15) is 0 Å². The third-order valence-electron chi connectivity index (χ3n) is 2.83. The van der Waals surface area contributed by atoms with Gasteiger partial charge in [0.25, 0.3) is 0 Å². The van der Waals surface area contributed by atoms with E-state index < -0.39 is 0 Å². The van der Waals surface area contributed by atoms with Crippen molar-refractivity contribution in [3.05, 3.63) is 0 Å². The number of nitrogens with zero attached hydrogens (tertiary/aromatic N) is 1. The lowest BCUT2D eigenvalue weighted by atomic mass is 10.2. The molecular weight excluding hydrogens is 236 g/mol. The maximum atomic E-state index is 9.92. The molecule has 0 aromatic carbocycles. The SMILES string of the molecule is COCCNCC(O)CN1CC(C)SC(C)C1. The zero-order chi connectivity index (χ0) is 12.7. The van der Waals surface area contributed by atoms with Crippen molar-refractivity contribution in [1.82, 2.24) is 10.2 Å². The van der Waals surface area contributed by atoms with Crippen LogP contribution in [0, 0.1) is 0 Å². The summed E-state index contributed by atoms with van der Waals surface area (Å²) in [4.78, 5) is 2.37. The van der Waals surface area contributed by atoms with Crippen molar-refractivity contribution in [2.75, 3.05) is 46.4 Å². The highest BCUT2D eigenvalue weighted by Gasteiger charge is 2.23. The minimum absolute atomic E-state index is 0.283. The Balaban J connectivity index is 2.14. The van der Waals surface area contributed by atoms with Gasteiger partial charge >= 0.3 is 0 Å². The predicted molar refractivity (Wildman–Crippen MR) is 73.7 cm³/mol. The number of aliphatic hydroxyl groups excluding tert-OH is 1. The Kier molecular flexibility index (Phi) is 7.46. The zero-order valence-electron chi connectivity index (χ0n) is 11.2. The van der Waals surface area contributed by atoms with Gasteiger partial charge in [-0.1, -0.05) is 13.8 Å². The topological polar surface area (TPSA) is 44.7 Å². The van der Waals surface area contributed by atoms with Crippen LogP contribution in [0.4, 0.5) is 0 Å². The van der Waals surface area contributed by atoms with Crippen LogP contribution in [0.2, 0.25) is 0 Å². The highest BCUT2D eigenvalue weighted by atomic mass is 32.2. The fourth-order valence-corrected chi connectivity index (χ4v) is 3.63. The van der Waals surface area contributed by atoms with Crippen LogP contribution in [0.15, 0.2) is 0 Å². The number of hydrogen-bond acceptors (Lipinski definition) is 5. The van der Waals surface area contributed by atoms with E-state index in [2.05, 4.69) is 24.1 Å². The summed E-state index contributed by atoms with van der Waals surface area (Å²) in [7, 11) is 1.69. The molecule has 1 heterocycles. The normalized spacial score (nSPS) is 28.2. The van der Waals surface area contributed by atoms with Gasteiger partial charge in [-0.3, -0.25) is 4.90 Å². The summed E-state index contributed by atoms with van der Waals surface area (Å²) in [6.45, 7) is 9.61. The molecule has 0 saturated carbocycles. The molecule has 1 aliphatic heterocycles. The van der Waals surface area contributed by atoms with E-state index in [1.165, 1.54) is 0 Å². The maximum absolute atomic E-state index is 9.92. The predicted octanol–water partition coefficient (Wildman–Crippen LogP) is 0.409. The molecule has 0 aliphatic carbocycles. The van der Waals surface area contributed by atoms with Gasteiger partial charge in [0.05, 0.1) is 12.7 Å². The summed E-state index contributed by atoms with van der Waals surface area (Å²) >= 11 is 2.04. The van der Waals surface area contributed by atoms with Crippen LogP contribution in [0.1, 0.15) is 13.8 Å². The molecule has 0 radical (unpaired) electrons. The van der Waals surface area contributed by atoms with Crippen molar-refractivity contribution < 1.29 is 9.84 Å². The van der Waals surface area contributed by atoms with Gasteiger partial charge in [-0.05, 0) is 0 Å². The van der Waals surface area contributed by atoms with Crippen molar-refractivity contribution in [3.63, 3.8) is 0 Å². The third kappa shape index (κ3) is 6.62. The van der Waals surface area contributed by atoms with E-state index in [1.54, 1.807) is 7.11 Å². The van der Waals surface area contributed by atoms with Crippen molar-refractivity contribution >= 4 is 11.8 Å². The molecule has 0 amide bonds. The van der Waals surface area contributed by atoms with E-state index in [1.807, 2.05) is 11.8 Å². The van der Waals surface area contributed by atoms with E-state index in [9.17, 15) is 5.11 Å². The van der Waals surface area contributed by atoms with Crippen molar-refractivity contribution in [2.45, 2.75) is 30.5 Å². The zero-order valence-corrected chi connectivity index (χ0v) is 12.0. The molecule has 0 aromatic heterocycles. The van der Waals surface area contributed by atoms with Crippen LogP contribution in [-0.4, -0.2) is 73.1 Å². The summed E-state index contributed by atoms with van der Waals surface area (Å²) < 4.78 is 4.94. The van der Waals surface area contributed by atoms with E-state index in [-0.39, 0.29) is 6.10 Å². The molecule has 1 saturated heterocycles. The quantitative estimate of drug-likeness (QED) is 0.651. The number of ether oxygens (including phenoxy) is 1. The minimum Gasteiger partial charge on any atom is -0.390 e. The summed E-state index contributed by atoms with van der Waals surface area (Å²) in [6, 6.07) is 0. The number of thioether (sulfide) groups is 1. The molecular formula is C12H26N2O2S. The third-order valence-corrected chi connectivity index (χ3v) is 4.05. The van der Waals surface area contributed by atoms with Crippen LogP contribution in [0.25, 0.3) is 0 Å². The molecule has 1 aliphatic rings. The molecule has 5 heteroatoms. The van der Waals surface area contributed by atoms with Gasteiger partial charge < -0.3 is 15.2 Å². The summed E-state index contributed by atoms with van der Waals surface area (Å²) in [5.41, 5.74) is 0. The Labute approximate surface area is 109 Å². The Bertz CT molecular complexity index is 197. The Morgan fingerprint density at radius 3 is 2.65 bits per heavy atom. The second-order valence-corrected chi connectivity index (χ2v) is 6.71. The lowest BCUT2D eigenvalue weighted by Crippen LogP contribution is -2.46. The van der Waals surface area contributed by atoms with Gasteiger partial charge in [-0.25, -0.2) is 0 Å². The molecule has 2 N–H and O–H groups in total. The number of nitrogens with one attached hydrogen (secondary N) is 1. The largest absolute Gasteiger partial charge is 0.390 e. The molecule has 17 heavy (non-hydrogen) atoms. The average Bonchev–Trinajstić information content (AvgIpc) is 2.23. The fourth-order valence-electron chi connectivity index (χ4n) is 2.24.